The van der Waals surface area contributed by atoms with Gasteiger partial charge in [0.05, 0.1) is 12.3 Å². The largest absolute Gasteiger partial charge is 0.395 e. The molecule has 0 radical (unpaired) electrons. The molecule has 4 heteroatoms. The van der Waals surface area contributed by atoms with Crippen LogP contribution in [0, 0.1) is 5.41 Å². The quantitative estimate of drug-likeness (QED) is 0.697. The first-order chi connectivity index (χ1) is 7.13. The molecule has 1 atom stereocenters. The smallest absolute Gasteiger partial charge is 0.240 e. The predicted molar refractivity (Wildman–Crippen MR) is 56.5 cm³/mol. The molecule has 0 saturated carbocycles. The topological polar surface area (TPSA) is 52.6 Å². The lowest BCUT2D eigenvalue weighted by Crippen LogP contribution is -2.33. The Balaban J connectivity index is 2.03. The monoisotopic (exact) mass is 208 g/mol. The van der Waals surface area contributed by atoms with Crippen molar-refractivity contribution in [1.29, 1.82) is 0 Å². The summed E-state index contributed by atoms with van der Waals surface area (Å²) < 4.78 is 0. The van der Waals surface area contributed by atoms with Gasteiger partial charge in [-0.2, -0.15) is 0 Å². The normalized spacial score (nSPS) is 30.4. The van der Waals surface area contributed by atoms with E-state index in [1.165, 1.54) is 0 Å². The van der Waals surface area contributed by atoms with E-state index in [2.05, 4.69) is 11.5 Å². The Morgan fingerprint density at radius 2 is 2.47 bits per heavy atom. The van der Waals surface area contributed by atoms with Crippen molar-refractivity contribution in [3.63, 3.8) is 0 Å². The van der Waals surface area contributed by atoms with E-state index in [4.69, 9.17) is 0 Å². The lowest BCUT2D eigenvalue weighted by Gasteiger charge is -2.28. The minimum atomic E-state index is -0.146. The van der Waals surface area contributed by atoms with E-state index in [0.717, 1.165) is 18.7 Å². The summed E-state index contributed by atoms with van der Waals surface area (Å²) in [6, 6.07) is 0. The molecule has 1 aliphatic carbocycles. The number of nitrogens with one attached hydrogen (secondary N) is 1. The van der Waals surface area contributed by atoms with Crippen LogP contribution in [0.1, 0.15) is 19.8 Å². The van der Waals surface area contributed by atoms with Crippen LogP contribution in [-0.4, -0.2) is 29.2 Å². The first kappa shape index (κ1) is 10.2. The number of aliphatic hydroxyl groups is 1. The van der Waals surface area contributed by atoms with Crippen molar-refractivity contribution in [3.8, 4) is 0 Å². The zero-order chi connectivity index (χ0) is 10.9. The van der Waals surface area contributed by atoms with E-state index in [9.17, 15) is 9.90 Å². The maximum Gasteiger partial charge on any atom is 0.240 e. The first-order valence-corrected chi connectivity index (χ1v) is 5.20. The van der Waals surface area contributed by atoms with Gasteiger partial charge in [-0.1, -0.05) is 19.1 Å². The van der Waals surface area contributed by atoms with Gasteiger partial charge in [0, 0.05) is 18.4 Å². The molecule has 0 aromatic carbocycles. The molecule has 0 spiro atoms. The van der Waals surface area contributed by atoms with Gasteiger partial charge in [-0.3, -0.25) is 15.2 Å². The second kappa shape index (κ2) is 3.70. The third-order valence-electron chi connectivity index (χ3n) is 2.93. The number of aliphatic hydroxyl groups excluding tert-OH is 1. The lowest BCUT2D eigenvalue weighted by molar-refractivity contribution is -0.120. The van der Waals surface area contributed by atoms with Gasteiger partial charge in [0.15, 0.2) is 0 Å². The predicted octanol–water partition coefficient (Wildman–Crippen LogP) is 0.566. The minimum Gasteiger partial charge on any atom is -0.395 e. The number of rotatable bonds is 2. The zero-order valence-electron chi connectivity index (χ0n) is 8.86. The maximum absolute atomic E-state index is 11.0. The average molecular weight is 208 g/mol. The first-order valence-electron chi connectivity index (χ1n) is 5.20. The second-order valence-electron chi connectivity index (χ2n) is 4.42. The fourth-order valence-electron chi connectivity index (χ4n) is 1.75. The van der Waals surface area contributed by atoms with Crippen molar-refractivity contribution in [1.82, 2.24) is 10.4 Å². The summed E-state index contributed by atoms with van der Waals surface area (Å²) in [6.07, 6.45) is 7.39. The Kier molecular flexibility index (Phi) is 2.52. The number of nitrogens with zero attached hydrogens (tertiary/aromatic N) is 1. The molecule has 4 nitrogen and oxygen atoms in total. The van der Waals surface area contributed by atoms with E-state index in [1.807, 2.05) is 24.1 Å². The average Bonchev–Trinajstić information content (AvgIpc) is 2.66. The molecule has 2 aliphatic rings. The summed E-state index contributed by atoms with van der Waals surface area (Å²) in [5.41, 5.74) is 3.66. The minimum absolute atomic E-state index is 0.0693. The van der Waals surface area contributed by atoms with Gasteiger partial charge in [0.25, 0.3) is 0 Å². The highest BCUT2D eigenvalue weighted by molar-refractivity contribution is 5.77. The van der Waals surface area contributed by atoms with E-state index in [1.54, 1.807) is 0 Å². The molecule has 2 N–H and O–H groups in total. The summed E-state index contributed by atoms with van der Waals surface area (Å²) in [5.74, 6) is 0.0693. The second-order valence-corrected chi connectivity index (χ2v) is 4.42. The fraction of sp³-hybridized carbons (Fsp3) is 0.545. The number of hydrogen-bond acceptors (Lipinski definition) is 3. The van der Waals surface area contributed by atoms with Crippen LogP contribution in [0.4, 0.5) is 0 Å². The van der Waals surface area contributed by atoms with Crippen LogP contribution in [0.15, 0.2) is 23.9 Å². The molecule has 0 aromatic heterocycles. The molecular weight excluding hydrogens is 192 g/mol. The fourth-order valence-corrected chi connectivity index (χ4v) is 1.75. The van der Waals surface area contributed by atoms with E-state index in [0.29, 0.717) is 6.42 Å². The maximum atomic E-state index is 11.0. The van der Waals surface area contributed by atoms with Crippen molar-refractivity contribution in [2.45, 2.75) is 19.8 Å². The van der Waals surface area contributed by atoms with E-state index >= 15 is 0 Å². The molecule has 0 bridgehead atoms. The Bertz CT molecular complexity index is 335. The summed E-state index contributed by atoms with van der Waals surface area (Å²) in [7, 11) is 0. The van der Waals surface area contributed by atoms with Gasteiger partial charge in [-0.15, -0.1) is 0 Å². The highest BCUT2D eigenvalue weighted by Gasteiger charge is 2.25. The molecule has 15 heavy (non-hydrogen) atoms. The van der Waals surface area contributed by atoms with Gasteiger partial charge in [0.1, 0.15) is 0 Å². The van der Waals surface area contributed by atoms with E-state index in [-0.39, 0.29) is 17.9 Å². The Morgan fingerprint density at radius 3 is 2.93 bits per heavy atom. The van der Waals surface area contributed by atoms with Crippen LogP contribution in [0.2, 0.25) is 0 Å². The molecule has 2 rings (SSSR count). The lowest BCUT2D eigenvalue weighted by atomic mass is 9.84. The number of carbonyl (C=O) groups is 1. The van der Waals surface area contributed by atoms with Crippen LogP contribution in [-0.2, 0) is 4.79 Å². The molecular formula is C11H16N2O2. The molecule has 0 aromatic rings. The van der Waals surface area contributed by atoms with Gasteiger partial charge in [-0.05, 0) is 12.5 Å². The van der Waals surface area contributed by atoms with Crippen LogP contribution in [0.3, 0.4) is 0 Å². The van der Waals surface area contributed by atoms with E-state index < -0.39 is 0 Å². The van der Waals surface area contributed by atoms with Crippen LogP contribution in [0.5, 0.6) is 0 Å². The molecule has 1 aliphatic heterocycles. The highest BCUT2D eigenvalue weighted by Crippen LogP contribution is 2.29. The molecule has 1 unspecified atom stereocenters. The number of hydrogen-bond donors (Lipinski definition) is 2. The third-order valence-corrected chi connectivity index (χ3v) is 2.93. The molecule has 82 valence electrons. The number of hydrazine groups is 1. The molecule has 1 amide bonds. The number of allylic oxidation sites excluding steroid dienone is 2. The number of amides is 1. The van der Waals surface area contributed by atoms with Crippen LogP contribution >= 0.6 is 0 Å². The summed E-state index contributed by atoms with van der Waals surface area (Å²) in [5, 5.41) is 11.0. The zero-order valence-corrected chi connectivity index (χ0v) is 8.86. The highest BCUT2D eigenvalue weighted by atomic mass is 16.3. The Hall–Kier alpha value is -1.29. The third kappa shape index (κ3) is 2.04. The van der Waals surface area contributed by atoms with Crippen molar-refractivity contribution in [2.75, 3.05) is 13.2 Å². The Labute approximate surface area is 89.2 Å². The molecule has 1 heterocycles. The van der Waals surface area contributed by atoms with Crippen molar-refractivity contribution >= 4 is 5.91 Å². The van der Waals surface area contributed by atoms with Gasteiger partial charge < -0.3 is 5.11 Å². The number of carbonyl (C=O) groups excluding carboxylic acids is 1. The van der Waals surface area contributed by atoms with Crippen molar-refractivity contribution < 1.29 is 9.90 Å². The standard InChI is InChI=1S/C11H16N2O2/c1-11(8-14)5-2-9(3-6-11)13-7-4-10(15)12-13/h2-3,5,14H,4,6-8H2,1H3,(H,12,15). The van der Waals surface area contributed by atoms with Gasteiger partial charge in [-0.25, -0.2) is 0 Å². The van der Waals surface area contributed by atoms with Crippen LogP contribution in [0.25, 0.3) is 0 Å². The van der Waals surface area contributed by atoms with Crippen molar-refractivity contribution in [2.24, 2.45) is 5.41 Å². The summed E-state index contributed by atoms with van der Waals surface area (Å²) in [6.45, 7) is 2.89. The van der Waals surface area contributed by atoms with Crippen molar-refractivity contribution in [3.05, 3.63) is 23.9 Å². The molecule has 1 saturated heterocycles. The summed E-state index contributed by atoms with van der Waals surface area (Å²) >= 11 is 0. The van der Waals surface area contributed by atoms with Crippen LogP contribution < -0.4 is 5.43 Å². The van der Waals surface area contributed by atoms with Gasteiger partial charge in [0.2, 0.25) is 5.91 Å². The van der Waals surface area contributed by atoms with Gasteiger partial charge >= 0.3 is 0 Å². The SMILES string of the molecule is CC1(CO)C=CC(N2CCC(=O)N2)=CC1. The summed E-state index contributed by atoms with van der Waals surface area (Å²) in [4.78, 5) is 11.0. The molecule has 1 fully saturated rings. The Morgan fingerprint density at radius 1 is 1.67 bits per heavy atom.